The monoisotopic (exact) mass is 313 g/mol. The Morgan fingerprint density at radius 2 is 2.23 bits per heavy atom. The molecule has 0 unspecified atom stereocenters. The van der Waals surface area contributed by atoms with Gasteiger partial charge in [0.15, 0.2) is 5.69 Å². The van der Waals surface area contributed by atoms with E-state index in [-0.39, 0.29) is 10.6 Å². The maximum atomic E-state index is 11.0. The van der Waals surface area contributed by atoms with Gasteiger partial charge in [-0.2, -0.15) is 4.37 Å². The predicted octanol–water partition coefficient (Wildman–Crippen LogP) is 1.23. The highest BCUT2D eigenvalue weighted by molar-refractivity contribution is 14.1. The summed E-state index contributed by atoms with van der Waals surface area (Å²) < 4.78 is 8.38. The zero-order valence-corrected chi connectivity index (χ0v) is 9.38. The molecule has 1 aromatic heterocycles. The fraction of sp³-hybridized carbons (Fsp3) is 0.167. The maximum absolute atomic E-state index is 11.0. The number of carboxylic acid groups (broad SMARTS) is 1. The Morgan fingerprint density at radius 1 is 1.62 bits per heavy atom. The second-order valence-corrected chi connectivity index (χ2v) is 3.82. The van der Waals surface area contributed by atoms with Crippen molar-refractivity contribution < 1.29 is 19.4 Å². The van der Waals surface area contributed by atoms with Crippen molar-refractivity contribution in [3.63, 3.8) is 0 Å². The van der Waals surface area contributed by atoms with Gasteiger partial charge >= 0.3 is 11.9 Å². The summed E-state index contributed by atoms with van der Waals surface area (Å²) in [5.74, 6) is -1.70. The molecule has 0 radical (unpaired) electrons. The summed E-state index contributed by atoms with van der Waals surface area (Å²) in [5.41, 5.74) is -0.106. The minimum atomic E-state index is -1.14. The van der Waals surface area contributed by atoms with Gasteiger partial charge in [0.25, 0.3) is 0 Å². The number of nitrogens with zero attached hydrogens (tertiary/aromatic N) is 1. The summed E-state index contributed by atoms with van der Waals surface area (Å²) in [5, 5.41) is 8.62. The minimum absolute atomic E-state index is 0.106. The van der Waals surface area contributed by atoms with Gasteiger partial charge in [-0.1, -0.05) is 0 Å². The van der Waals surface area contributed by atoms with E-state index in [1.54, 1.807) is 22.6 Å². The Bertz CT molecular complexity index is 362. The first-order chi connectivity index (χ1) is 6.07. The standard InChI is InChI=1S/C6H4INO4S/c1-12-6(11)4-2(7)3(5(9)10)8-13-4/h1H3,(H,9,10). The number of carbonyl (C=O) groups is 2. The third-order valence-corrected chi connectivity index (χ3v) is 3.45. The molecule has 13 heavy (non-hydrogen) atoms. The third-order valence-electron chi connectivity index (χ3n) is 1.21. The van der Waals surface area contributed by atoms with Gasteiger partial charge in [0, 0.05) is 0 Å². The lowest BCUT2D eigenvalue weighted by atomic mass is 10.4. The molecule has 1 heterocycles. The van der Waals surface area contributed by atoms with Crippen LogP contribution in [0.1, 0.15) is 20.2 Å². The Balaban J connectivity index is 3.13. The van der Waals surface area contributed by atoms with E-state index in [9.17, 15) is 9.59 Å². The molecule has 7 heteroatoms. The van der Waals surface area contributed by atoms with Crippen LogP contribution in [0, 0.1) is 3.57 Å². The number of halogens is 1. The fourth-order valence-electron chi connectivity index (χ4n) is 0.631. The van der Waals surface area contributed by atoms with Crippen molar-refractivity contribution in [2.45, 2.75) is 0 Å². The molecular formula is C6H4INO4S. The van der Waals surface area contributed by atoms with E-state index in [1.165, 1.54) is 7.11 Å². The highest BCUT2D eigenvalue weighted by Crippen LogP contribution is 2.21. The van der Waals surface area contributed by atoms with Crippen molar-refractivity contribution in [2.75, 3.05) is 7.11 Å². The number of ether oxygens (including phenoxy) is 1. The molecule has 0 saturated heterocycles. The first kappa shape index (κ1) is 10.4. The Labute approximate surface area is 91.0 Å². The second-order valence-electron chi connectivity index (χ2n) is 1.97. The van der Waals surface area contributed by atoms with Crippen LogP contribution < -0.4 is 0 Å². The number of esters is 1. The Hall–Kier alpha value is -0.700. The third kappa shape index (κ3) is 1.97. The van der Waals surface area contributed by atoms with Gasteiger partial charge in [-0.05, 0) is 34.1 Å². The van der Waals surface area contributed by atoms with Crippen LogP contribution in [0.25, 0.3) is 0 Å². The van der Waals surface area contributed by atoms with Gasteiger partial charge in [0.05, 0.1) is 10.7 Å². The molecule has 0 bridgehead atoms. The molecule has 0 amide bonds. The Kier molecular flexibility index (Phi) is 3.20. The molecule has 1 aromatic rings. The average molecular weight is 313 g/mol. The first-order valence-electron chi connectivity index (χ1n) is 3.04. The number of aromatic carboxylic acids is 1. The smallest absolute Gasteiger partial charge is 0.356 e. The Morgan fingerprint density at radius 3 is 2.62 bits per heavy atom. The van der Waals surface area contributed by atoms with Crippen LogP contribution in [0.2, 0.25) is 0 Å². The van der Waals surface area contributed by atoms with Crippen LogP contribution in [0.3, 0.4) is 0 Å². The number of methoxy groups -OCH3 is 1. The molecule has 0 saturated carbocycles. The second kappa shape index (κ2) is 4.01. The number of hydrogen-bond donors (Lipinski definition) is 1. The lowest BCUT2D eigenvalue weighted by Crippen LogP contribution is -2.03. The van der Waals surface area contributed by atoms with E-state index in [0.717, 1.165) is 11.5 Å². The lowest BCUT2D eigenvalue weighted by molar-refractivity contribution is 0.0605. The van der Waals surface area contributed by atoms with Gasteiger partial charge in [-0.3, -0.25) is 0 Å². The highest BCUT2D eigenvalue weighted by atomic mass is 127. The molecule has 1 N–H and O–H groups in total. The summed E-state index contributed by atoms with van der Waals surface area (Å²) in [6, 6.07) is 0. The molecule has 0 aliphatic rings. The number of carbonyl (C=O) groups excluding carboxylic acids is 1. The van der Waals surface area contributed by atoms with E-state index < -0.39 is 11.9 Å². The predicted molar refractivity (Wildman–Crippen MR) is 53.1 cm³/mol. The van der Waals surface area contributed by atoms with E-state index in [0.29, 0.717) is 3.57 Å². The molecule has 0 fully saturated rings. The van der Waals surface area contributed by atoms with Crippen molar-refractivity contribution in [1.82, 2.24) is 4.37 Å². The SMILES string of the molecule is COC(=O)c1snc(C(=O)O)c1I. The maximum Gasteiger partial charge on any atom is 0.356 e. The topological polar surface area (TPSA) is 76.5 Å². The zero-order chi connectivity index (χ0) is 10.0. The lowest BCUT2D eigenvalue weighted by Gasteiger charge is -1.93. The van der Waals surface area contributed by atoms with Crippen LogP contribution in [-0.4, -0.2) is 28.5 Å². The van der Waals surface area contributed by atoms with Crippen molar-refractivity contribution in [1.29, 1.82) is 0 Å². The quantitative estimate of drug-likeness (QED) is 0.656. The average Bonchev–Trinajstić information content (AvgIpc) is 2.46. The molecule has 1 rings (SSSR count). The summed E-state index contributed by atoms with van der Waals surface area (Å²) in [4.78, 5) is 21.8. The number of aromatic nitrogens is 1. The summed E-state index contributed by atoms with van der Waals surface area (Å²) in [6.45, 7) is 0. The zero-order valence-electron chi connectivity index (χ0n) is 6.41. The summed E-state index contributed by atoms with van der Waals surface area (Å²) >= 11 is 2.58. The molecule has 5 nitrogen and oxygen atoms in total. The largest absolute Gasteiger partial charge is 0.476 e. The van der Waals surface area contributed by atoms with Gasteiger partial charge in [-0.25, -0.2) is 9.59 Å². The van der Waals surface area contributed by atoms with Crippen molar-refractivity contribution in [3.05, 3.63) is 14.1 Å². The van der Waals surface area contributed by atoms with E-state index >= 15 is 0 Å². The van der Waals surface area contributed by atoms with Crippen LogP contribution >= 0.6 is 34.1 Å². The van der Waals surface area contributed by atoms with Crippen molar-refractivity contribution in [2.24, 2.45) is 0 Å². The van der Waals surface area contributed by atoms with E-state index in [2.05, 4.69) is 9.11 Å². The van der Waals surface area contributed by atoms with Gasteiger partial charge in [0.2, 0.25) is 0 Å². The summed E-state index contributed by atoms with van der Waals surface area (Å²) in [7, 11) is 1.23. The van der Waals surface area contributed by atoms with Crippen LogP contribution in [0.15, 0.2) is 0 Å². The molecule has 0 aliphatic heterocycles. The fourth-order valence-corrected chi connectivity index (χ4v) is 2.35. The first-order valence-corrected chi connectivity index (χ1v) is 4.90. The summed E-state index contributed by atoms with van der Waals surface area (Å²) in [6.07, 6.45) is 0. The number of hydrogen-bond acceptors (Lipinski definition) is 5. The molecular weight excluding hydrogens is 309 g/mol. The number of carboxylic acids is 1. The van der Waals surface area contributed by atoms with Crippen LogP contribution in [0.5, 0.6) is 0 Å². The van der Waals surface area contributed by atoms with E-state index in [4.69, 9.17) is 5.11 Å². The van der Waals surface area contributed by atoms with Gasteiger partial charge < -0.3 is 9.84 Å². The van der Waals surface area contributed by atoms with E-state index in [1.807, 2.05) is 0 Å². The number of rotatable bonds is 2. The molecule has 70 valence electrons. The molecule has 0 spiro atoms. The van der Waals surface area contributed by atoms with Gasteiger partial charge in [-0.15, -0.1) is 0 Å². The minimum Gasteiger partial charge on any atom is -0.476 e. The van der Waals surface area contributed by atoms with Crippen molar-refractivity contribution >= 4 is 46.1 Å². The van der Waals surface area contributed by atoms with Crippen LogP contribution in [0.4, 0.5) is 0 Å². The van der Waals surface area contributed by atoms with Crippen molar-refractivity contribution in [3.8, 4) is 0 Å². The van der Waals surface area contributed by atoms with Gasteiger partial charge in [0.1, 0.15) is 4.88 Å². The molecule has 0 aliphatic carbocycles. The normalized spacial score (nSPS) is 9.69. The highest BCUT2D eigenvalue weighted by Gasteiger charge is 2.21. The molecule has 0 atom stereocenters. The molecule has 0 aromatic carbocycles. The van der Waals surface area contributed by atoms with Crippen LogP contribution in [-0.2, 0) is 4.74 Å².